The van der Waals surface area contributed by atoms with Crippen molar-refractivity contribution in [3.05, 3.63) is 0 Å². The topological polar surface area (TPSA) is 44.8 Å². The predicted octanol–water partition coefficient (Wildman–Crippen LogP) is 2.53. The van der Waals surface area contributed by atoms with Crippen molar-refractivity contribution in [2.24, 2.45) is 0 Å². The molecule has 6 heteroatoms. The van der Waals surface area contributed by atoms with Crippen LogP contribution >= 0.6 is 30.8 Å². The van der Waals surface area contributed by atoms with E-state index in [0.29, 0.717) is 13.2 Å². The molecule has 0 fully saturated rings. The molecule has 0 spiro atoms. The highest BCUT2D eigenvalue weighted by Gasteiger charge is 2.23. The summed E-state index contributed by atoms with van der Waals surface area (Å²) in [5.41, 5.74) is 0. The van der Waals surface area contributed by atoms with E-state index in [2.05, 4.69) is 2.85 Å². The molecule has 0 aromatic carbocycles. The Kier molecular flexibility index (Phi) is 5.95. The molecule has 0 rings (SSSR count). The smallest absolute Gasteiger partial charge is 0.287 e. The maximum Gasteiger partial charge on any atom is 0.484 e. The minimum absolute atomic E-state index is 0.320. The third-order valence-electron chi connectivity index (χ3n) is 0.659. The zero-order valence-electron chi connectivity index (χ0n) is 5.87. The maximum atomic E-state index is 11.1. The second kappa shape index (κ2) is 5.49. The lowest BCUT2D eigenvalue weighted by Gasteiger charge is -2.11. The van der Waals surface area contributed by atoms with Crippen LogP contribution in [0.5, 0.6) is 0 Å². The number of hydrogen-bond donors (Lipinski definition) is 0. The van der Waals surface area contributed by atoms with Crippen LogP contribution < -0.4 is 0 Å². The lowest BCUT2D eigenvalue weighted by molar-refractivity contribution is 0.181. The Morgan fingerprint density at radius 2 is 1.70 bits per heavy atom. The van der Waals surface area contributed by atoms with Gasteiger partial charge in [-0.1, -0.05) is 0 Å². The Balaban J connectivity index is 3.83. The molecule has 62 valence electrons. The van der Waals surface area contributed by atoms with Gasteiger partial charge in [0.1, 0.15) is 23.0 Å². The number of rotatable bonds is 5. The zero-order valence-corrected chi connectivity index (χ0v) is 8.92. The van der Waals surface area contributed by atoms with E-state index >= 15 is 0 Å². The summed E-state index contributed by atoms with van der Waals surface area (Å²) in [6, 6.07) is 0. The van der Waals surface area contributed by atoms with E-state index in [0.717, 1.165) is 0 Å². The van der Waals surface area contributed by atoms with Gasteiger partial charge in [-0.3, -0.25) is 9.05 Å². The minimum Gasteiger partial charge on any atom is -0.287 e. The molecule has 10 heavy (non-hydrogen) atoms. The van der Waals surface area contributed by atoms with Crippen LogP contribution in [-0.2, 0) is 16.5 Å². The highest BCUT2D eigenvalue weighted by Crippen LogP contribution is 2.51. The van der Waals surface area contributed by atoms with Gasteiger partial charge < -0.3 is 0 Å². The lowest BCUT2D eigenvalue weighted by Crippen LogP contribution is -1.94. The fourth-order valence-corrected chi connectivity index (χ4v) is 1.86. The van der Waals surface area contributed by atoms with Crippen molar-refractivity contribution in [1.29, 1.82) is 0 Å². The van der Waals surface area contributed by atoms with Crippen molar-refractivity contribution >= 4 is 30.8 Å². The Labute approximate surface area is 74.5 Å². The van der Waals surface area contributed by atoms with E-state index in [4.69, 9.17) is 9.05 Å². The summed E-state index contributed by atoms with van der Waals surface area (Å²) in [6.45, 7) is 4.09. The van der Waals surface area contributed by atoms with Crippen LogP contribution in [0, 0.1) is 0 Å². The first-order valence-corrected chi connectivity index (χ1v) is 5.22. The van der Waals surface area contributed by atoms with Gasteiger partial charge in [-0.25, -0.2) is 7.42 Å². The van der Waals surface area contributed by atoms with Gasteiger partial charge in [0.25, 0.3) is 0 Å². The number of phosphoric ester groups is 1. The van der Waals surface area contributed by atoms with Gasteiger partial charge in [0.2, 0.25) is 0 Å². The maximum absolute atomic E-state index is 11.1. The summed E-state index contributed by atoms with van der Waals surface area (Å²) in [5, 5.41) is 0. The second-order valence-corrected chi connectivity index (χ2v) is 4.08. The van der Waals surface area contributed by atoms with Gasteiger partial charge in [0.05, 0.1) is 13.2 Å². The number of hydrogen-bond acceptors (Lipinski definition) is 4. The average molecular weight is 280 g/mol. The molecule has 0 aliphatic rings. The molecule has 0 radical (unpaired) electrons. The van der Waals surface area contributed by atoms with Crippen LogP contribution in [0.4, 0.5) is 0 Å². The average Bonchev–Trinajstić information content (AvgIpc) is 1.89. The molecule has 0 amide bonds. The van der Waals surface area contributed by atoms with Gasteiger partial charge in [0.15, 0.2) is 0 Å². The van der Waals surface area contributed by atoms with Crippen LogP contribution in [0.2, 0.25) is 0 Å². The Bertz CT molecular complexity index is 118. The largest absolute Gasteiger partial charge is 0.484 e. The van der Waals surface area contributed by atoms with Crippen LogP contribution in [0.15, 0.2) is 0 Å². The summed E-state index contributed by atoms with van der Waals surface area (Å²) in [5.74, 6) is 0. The van der Waals surface area contributed by atoms with Gasteiger partial charge in [0, 0.05) is 0 Å². The minimum atomic E-state index is -3.21. The third kappa shape index (κ3) is 3.88. The number of phosphoric acid groups is 1. The molecule has 0 aliphatic carbocycles. The van der Waals surface area contributed by atoms with Gasteiger partial charge >= 0.3 is 7.82 Å². The molecule has 0 bridgehead atoms. The highest BCUT2D eigenvalue weighted by molar-refractivity contribution is 14.1. The Hall–Kier alpha value is 0.840. The molecule has 0 heterocycles. The fraction of sp³-hybridized carbons (Fsp3) is 1.00. The molecule has 0 N–H and O–H groups in total. The summed E-state index contributed by atoms with van der Waals surface area (Å²) < 4.78 is 25.1. The standard InChI is InChI=1S/C4H10IO4P/c1-3-7-10(6,9-5)8-4-2/h3-4H2,1-2H3. The zero-order chi connectivity index (χ0) is 8.04. The van der Waals surface area contributed by atoms with E-state index in [9.17, 15) is 4.57 Å². The summed E-state index contributed by atoms with van der Waals surface area (Å²) >= 11 is 1.50. The van der Waals surface area contributed by atoms with Crippen molar-refractivity contribution in [1.82, 2.24) is 0 Å². The molecule has 0 aromatic heterocycles. The SMILES string of the molecule is CCOP(=O)(OI)OCC. The molecule has 0 aromatic rings. The van der Waals surface area contributed by atoms with Crippen LogP contribution in [0.3, 0.4) is 0 Å². The Morgan fingerprint density at radius 1 is 1.30 bits per heavy atom. The number of halogens is 1. The summed E-state index contributed by atoms with van der Waals surface area (Å²) in [4.78, 5) is 0. The molecule has 0 saturated carbocycles. The van der Waals surface area contributed by atoms with E-state index in [-0.39, 0.29) is 0 Å². The summed E-state index contributed by atoms with van der Waals surface area (Å²) in [7, 11) is -3.21. The molecule has 4 nitrogen and oxygen atoms in total. The van der Waals surface area contributed by atoms with Gasteiger partial charge in [-0.15, -0.1) is 0 Å². The molecule has 0 atom stereocenters. The molecule has 0 aliphatic heterocycles. The molecule has 0 saturated heterocycles. The van der Waals surface area contributed by atoms with E-state index < -0.39 is 7.82 Å². The van der Waals surface area contributed by atoms with Gasteiger partial charge in [-0.2, -0.15) is 0 Å². The van der Waals surface area contributed by atoms with Crippen LogP contribution in [0.1, 0.15) is 13.8 Å². The van der Waals surface area contributed by atoms with Crippen molar-refractivity contribution in [3.8, 4) is 0 Å². The summed E-state index contributed by atoms with van der Waals surface area (Å²) in [6.07, 6.45) is 0. The molecular weight excluding hydrogens is 270 g/mol. The van der Waals surface area contributed by atoms with Gasteiger partial charge in [-0.05, 0) is 13.8 Å². The monoisotopic (exact) mass is 280 g/mol. The quantitative estimate of drug-likeness (QED) is 0.573. The molecule has 0 unspecified atom stereocenters. The molecular formula is C4H10IO4P. The van der Waals surface area contributed by atoms with E-state index in [1.54, 1.807) is 13.8 Å². The van der Waals surface area contributed by atoms with Crippen molar-refractivity contribution in [2.75, 3.05) is 13.2 Å². The van der Waals surface area contributed by atoms with E-state index in [1.165, 1.54) is 23.0 Å². The first kappa shape index (κ1) is 10.8. The van der Waals surface area contributed by atoms with Crippen molar-refractivity contribution in [2.45, 2.75) is 13.8 Å². The van der Waals surface area contributed by atoms with E-state index in [1.807, 2.05) is 0 Å². The Morgan fingerprint density at radius 3 is 1.90 bits per heavy atom. The lowest BCUT2D eigenvalue weighted by atomic mass is 10.9. The first-order chi connectivity index (χ1) is 4.68. The third-order valence-corrected chi connectivity index (χ3v) is 3.42. The first-order valence-electron chi connectivity index (χ1n) is 2.88. The predicted molar refractivity (Wildman–Crippen MR) is 46.0 cm³/mol. The highest BCUT2D eigenvalue weighted by atomic mass is 127. The van der Waals surface area contributed by atoms with Crippen LogP contribution in [-0.4, -0.2) is 13.2 Å². The van der Waals surface area contributed by atoms with Crippen molar-refractivity contribution in [3.63, 3.8) is 0 Å². The second-order valence-electron chi connectivity index (χ2n) is 1.35. The fourth-order valence-electron chi connectivity index (χ4n) is 0.393. The normalized spacial score (nSPS) is 11.9. The van der Waals surface area contributed by atoms with Crippen molar-refractivity contribution < 1.29 is 16.5 Å². The van der Waals surface area contributed by atoms with Crippen LogP contribution in [0.25, 0.3) is 0 Å².